The fourth-order valence-electron chi connectivity index (χ4n) is 1.85. The van der Waals surface area contributed by atoms with Crippen molar-refractivity contribution in [3.8, 4) is 0 Å². The molecule has 2 aromatic rings. The van der Waals surface area contributed by atoms with E-state index in [1.165, 1.54) is 11.1 Å². The third kappa shape index (κ3) is 5.85. The average molecular weight is 367 g/mol. The van der Waals surface area contributed by atoms with Crippen LogP contribution in [0.1, 0.15) is 17.5 Å². The van der Waals surface area contributed by atoms with Crippen LogP contribution in [0.25, 0.3) is 0 Å². The van der Waals surface area contributed by atoms with Crippen LogP contribution in [-0.2, 0) is 13.1 Å². The van der Waals surface area contributed by atoms with Gasteiger partial charge >= 0.3 is 0 Å². The standard InChI is InChI=1S/C15H19BrN4S/c1-12-3-5-13(6-4-12)9-18-15(21)17-7-2-8-20-11-14(16)10-19-20/h3-6,10-11H,2,7-9H2,1H3,(H2,17,18,21). The van der Waals surface area contributed by atoms with Gasteiger partial charge in [0, 0.05) is 25.8 Å². The van der Waals surface area contributed by atoms with Crippen LogP contribution in [0.3, 0.4) is 0 Å². The fraction of sp³-hybridized carbons (Fsp3) is 0.333. The molecule has 1 aromatic heterocycles. The van der Waals surface area contributed by atoms with Crippen molar-refractivity contribution in [2.24, 2.45) is 0 Å². The monoisotopic (exact) mass is 366 g/mol. The smallest absolute Gasteiger partial charge is 0.166 e. The largest absolute Gasteiger partial charge is 0.363 e. The predicted octanol–water partition coefficient (Wildman–Crippen LogP) is 3.01. The van der Waals surface area contributed by atoms with Crippen molar-refractivity contribution in [3.63, 3.8) is 0 Å². The van der Waals surface area contributed by atoms with Gasteiger partial charge in [0.05, 0.1) is 10.7 Å². The second-order valence-electron chi connectivity index (χ2n) is 4.87. The number of rotatable bonds is 6. The first-order chi connectivity index (χ1) is 10.1. The number of aryl methyl sites for hydroxylation is 2. The maximum Gasteiger partial charge on any atom is 0.166 e. The molecule has 0 aliphatic rings. The number of thiocarbonyl (C=S) groups is 1. The van der Waals surface area contributed by atoms with Crippen LogP contribution in [0.5, 0.6) is 0 Å². The molecule has 0 atom stereocenters. The molecule has 0 spiro atoms. The van der Waals surface area contributed by atoms with Crippen LogP contribution in [0.15, 0.2) is 41.1 Å². The lowest BCUT2D eigenvalue weighted by Gasteiger charge is -2.10. The molecular weight excluding hydrogens is 348 g/mol. The highest BCUT2D eigenvalue weighted by Gasteiger charge is 1.98. The number of nitrogens with one attached hydrogen (secondary N) is 2. The summed E-state index contributed by atoms with van der Waals surface area (Å²) in [6.45, 7) is 4.54. The minimum absolute atomic E-state index is 0.692. The molecule has 112 valence electrons. The Labute approximate surface area is 139 Å². The van der Waals surface area contributed by atoms with Gasteiger partial charge in [-0.2, -0.15) is 5.10 Å². The third-order valence-electron chi connectivity index (χ3n) is 3.02. The molecule has 0 aliphatic heterocycles. The molecule has 0 fully saturated rings. The predicted molar refractivity (Wildman–Crippen MR) is 93.2 cm³/mol. The Hall–Kier alpha value is -1.40. The van der Waals surface area contributed by atoms with E-state index in [0.717, 1.165) is 30.5 Å². The quantitative estimate of drug-likeness (QED) is 0.609. The van der Waals surface area contributed by atoms with Crippen LogP contribution in [0.4, 0.5) is 0 Å². The molecule has 6 heteroatoms. The molecule has 1 aromatic carbocycles. The topological polar surface area (TPSA) is 41.9 Å². The van der Waals surface area contributed by atoms with Crippen LogP contribution in [-0.4, -0.2) is 21.4 Å². The number of aromatic nitrogens is 2. The molecule has 0 radical (unpaired) electrons. The van der Waals surface area contributed by atoms with E-state index in [9.17, 15) is 0 Å². The first kappa shape index (κ1) is 16.0. The first-order valence-electron chi connectivity index (χ1n) is 6.89. The zero-order chi connectivity index (χ0) is 15.1. The lowest BCUT2D eigenvalue weighted by molar-refractivity contribution is 0.571. The Morgan fingerprint density at radius 1 is 1.29 bits per heavy atom. The van der Waals surface area contributed by atoms with E-state index in [1.807, 2.05) is 10.9 Å². The van der Waals surface area contributed by atoms with Gasteiger partial charge in [0.1, 0.15) is 0 Å². The Balaban J connectivity index is 1.60. The maximum atomic E-state index is 5.26. The normalized spacial score (nSPS) is 10.4. The van der Waals surface area contributed by atoms with Gasteiger partial charge in [-0.05, 0) is 47.1 Å². The van der Waals surface area contributed by atoms with E-state index in [0.29, 0.717) is 5.11 Å². The third-order valence-corrected chi connectivity index (χ3v) is 3.72. The molecule has 21 heavy (non-hydrogen) atoms. The van der Waals surface area contributed by atoms with Crippen molar-refractivity contribution in [2.75, 3.05) is 6.54 Å². The summed E-state index contributed by atoms with van der Waals surface area (Å²) in [7, 11) is 0. The highest BCUT2D eigenvalue weighted by molar-refractivity contribution is 9.10. The summed E-state index contributed by atoms with van der Waals surface area (Å²) in [5.74, 6) is 0. The first-order valence-corrected chi connectivity index (χ1v) is 8.09. The Morgan fingerprint density at radius 2 is 2.05 bits per heavy atom. The highest BCUT2D eigenvalue weighted by atomic mass is 79.9. The van der Waals surface area contributed by atoms with Crippen LogP contribution in [0.2, 0.25) is 0 Å². The molecular formula is C15H19BrN4S. The fourth-order valence-corrected chi connectivity index (χ4v) is 2.36. The summed E-state index contributed by atoms with van der Waals surface area (Å²) < 4.78 is 2.92. The SMILES string of the molecule is Cc1ccc(CNC(=S)NCCCn2cc(Br)cn2)cc1. The summed E-state index contributed by atoms with van der Waals surface area (Å²) in [6, 6.07) is 8.44. The Bertz CT molecular complexity index is 580. The van der Waals surface area contributed by atoms with E-state index in [1.54, 1.807) is 6.20 Å². The van der Waals surface area contributed by atoms with Crippen molar-refractivity contribution in [3.05, 3.63) is 52.3 Å². The number of hydrogen-bond donors (Lipinski definition) is 2. The highest BCUT2D eigenvalue weighted by Crippen LogP contribution is 2.06. The minimum Gasteiger partial charge on any atom is -0.363 e. The van der Waals surface area contributed by atoms with Crippen molar-refractivity contribution >= 4 is 33.3 Å². The van der Waals surface area contributed by atoms with E-state index in [2.05, 4.69) is 62.9 Å². The number of benzene rings is 1. The zero-order valence-electron chi connectivity index (χ0n) is 12.0. The van der Waals surface area contributed by atoms with Crippen LogP contribution >= 0.6 is 28.1 Å². The van der Waals surface area contributed by atoms with Gasteiger partial charge in [0.2, 0.25) is 0 Å². The van der Waals surface area contributed by atoms with Gasteiger partial charge < -0.3 is 10.6 Å². The van der Waals surface area contributed by atoms with E-state index in [-0.39, 0.29) is 0 Å². The number of nitrogens with zero attached hydrogens (tertiary/aromatic N) is 2. The second kappa shape index (κ2) is 8.14. The van der Waals surface area contributed by atoms with Crippen molar-refractivity contribution in [1.29, 1.82) is 0 Å². The lowest BCUT2D eigenvalue weighted by atomic mass is 10.1. The summed E-state index contributed by atoms with van der Waals surface area (Å²) in [6.07, 6.45) is 4.73. The molecule has 4 nitrogen and oxygen atoms in total. The zero-order valence-corrected chi connectivity index (χ0v) is 14.4. The van der Waals surface area contributed by atoms with Crippen molar-refractivity contribution in [1.82, 2.24) is 20.4 Å². The molecule has 0 aliphatic carbocycles. The van der Waals surface area contributed by atoms with Gasteiger partial charge in [-0.25, -0.2) is 0 Å². The molecule has 0 amide bonds. The van der Waals surface area contributed by atoms with Gasteiger partial charge in [0.25, 0.3) is 0 Å². The van der Waals surface area contributed by atoms with Crippen molar-refractivity contribution < 1.29 is 0 Å². The van der Waals surface area contributed by atoms with Crippen LogP contribution in [0, 0.1) is 6.92 Å². The molecule has 0 saturated carbocycles. The summed E-state index contributed by atoms with van der Waals surface area (Å²) in [5, 5.41) is 11.3. The lowest BCUT2D eigenvalue weighted by Crippen LogP contribution is -2.35. The Kier molecular flexibility index (Phi) is 6.20. The van der Waals surface area contributed by atoms with Gasteiger partial charge in [0.15, 0.2) is 5.11 Å². The number of halogens is 1. The van der Waals surface area contributed by atoms with Gasteiger partial charge in [-0.15, -0.1) is 0 Å². The van der Waals surface area contributed by atoms with Crippen molar-refractivity contribution in [2.45, 2.75) is 26.4 Å². The second-order valence-corrected chi connectivity index (χ2v) is 6.19. The molecule has 0 saturated heterocycles. The minimum atomic E-state index is 0.692. The summed E-state index contributed by atoms with van der Waals surface area (Å²) in [5.41, 5.74) is 2.50. The summed E-state index contributed by atoms with van der Waals surface area (Å²) in [4.78, 5) is 0. The molecule has 2 rings (SSSR count). The molecule has 0 unspecified atom stereocenters. The van der Waals surface area contributed by atoms with E-state index < -0.39 is 0 Å². The Morgan fingerprint density at radius 3 is 2.71 bits per heavy atom. The van der Waals surface area contributed by atoms with Crippen LogP contribution < -0.4 is 10.6 Å². The average Bonchev–Trinajstić information content (AvgIpc) is 2.89. The summed E-state index contributed by atoms with van der Waals surface area (Å²) >= 11 is 8.64. The number of hydrogen-bond acceptors (Lipinski definition) is 2. The molecule has 1 heterocycles. The molecule has 2 N–H and O–H groups in total. The van der Waals surface area contributed by atoms with Gasteiger partial charge in [-0.1, -0.05) is 29.8 Å². The van der Waals surface area contributed by atoms with E-state index in [4.69, 9.17) is 12.2 Å². The van der Waals surface area contributed by atoms with Gasteiger partial charge in [-0.3, -0.25) is 4.68 Å². The molecule has 0 bridgehead atoms. The van der Waals surface area contributed by atoms with E-state index >= 15 is 0 Å². The maximum absolute atomic E-state index is 5.26.